The Hall–Kier alpha value is -1.57. The minimum absolute atomic E-state index is 0.0791. The maximum atomic E-state index is 12.5. The second-order valence-electron chi connectivity index (χ2n) is 10.2. The molecule has 8 heteroatoms. The molecule has 3 N–H and O–H groups in total. The summed E-state index contributed by atoms with van der Waals surface area (Å²) in [5, 5.41) is 13.5. The van der Waals surface area contributed by atoms with Crippen molar-refractivity contribution in [1.29, 1.82) is 0 Å². The number of rotatable bonds is 7. The smallest absolute Gasteiger partial charge is 0.321 e. The van der Waals surface area contributed by atoms with Crippen LogP contribution in [-0.2, 0) is 11.2 Å². The van der Waals surface area contributed by atoms with Crippen LogP contribution in [0.15, 0.2) is 5.16 Å². The number of hydrogen-bond donors (Lipinski definition) is 3. The van der Waals surface area contributed by atoms with Crippen molar-refractivity contribution in [3.63, 3.8) is 0 Å². The van der Waals surface area contributed by atoms with Gasteiger partial charge < -0.3 is 5.32 Å². The van der Waals surface area contributed by atoms with Gasteiger partial charge in [0.1, 0.15) is 5.82 Å². The number of aromatic nitrogens is 3. The molecule has 6 rings (SSSR count). The molecular formula is C22H33N5O2S. The Balaban J connectivity index is 1.05. The predicted octanol–water partition coefficient (Wildman–Crippen LogP) is 3.81. The standard InChI is InChI=1S/C22H33N5O2S/c28-19(13-30-21-23-18(26-27-21)6-5-14-3-1-2-4-14)24-20(29)25-22-10-15-7-16(11-22)9-17(8-15)12-22/h14-17H,1-13H2,(H,23,26,27)(H2,24,25,28,29). The van der Waals surface area contributed by atoms with Gasteiger partial charge in [0.2, 0.25) is 11.1 Å². The minimum Gasteiger partial charge on any atom is -0.332 e. The highest BCUT2D eigenvalue weighted by Gasteiger charge is 2.51. The lowest BCUT2D eigenvalue weighted by molar-refractivity contribution is -0.117. The molecule has 5 fully saturated rings. The Kier molecular flexibility index (Phi) is 5.77. The zero-order valence-electron chi connectivity index (χ0n) is 17.6. The lowest BCUT2D eigenvalue weighted by Crippen LogP contribution is -2.61. The maximum Gasteiger partial charge on any atom is 0.321 e. The summed E-state index contributed by atoms with van der Waals surface area (Å²) in [6.45, 7) is 0. The lowest BCUT2D eigenvalue weighted by Gasteiger charge is -2.56. The van der Waals surface area contributed by atoms with Crippen molar-refractivity contribution in [2.45, 2.75) is 87.7 Å². The van der Waals surface area contributed by atoms with Gasteiger partial charge in [0.15, 0.2) is 0 Å². The molecule has 30 heavy (non-hydrogen) atoms. The largest absolute Gasteiger partial charge is 0.332 e. The van der Waals surface area contributed by atoms with Crippen molar-refractivity contribution in [3.05, 3.63) is 5.82 Å². The van der Waals surface area contributed by atoms with Crippen molar-refractivity contribution in [2.24, 2.45) is 23.7 Å². The highest BCUT2D eigenvalue weighted by atomic mass is 32.2. The summed E-state index contributed by atoms with van der Waals surface area (Å²) >= 11 is 1.27. The number of hydrogen-bond acceptors (Lipinski definition) is 5. The molecule has 5 saturated carbocycles. The van der Waals surface area contributed by atoms with Crippen molar-refractivity contribution in [3.8, 4) is 0 Å². The number of nitrogens with zero attached hydrogens (tertiary/aromatic N) is 2. The average Bonchev–Trinajstić information content (AvgIpc) is 3.35. The Labute approximate surface area is 182 Å². The zero-order chi connectivity index (χ0) is 20.6. The molecule has 0 radical (unpaired) electrons. The van der Waals surface area contributed by atoms with Gasteiger partial charge in [-0.2, -0.15) is 0 Å². The van der Waals surface area contributed by atoms with Gasteiger partial charge in [0.05, 0.1) is 5.75 Å². The third-order valence-corrected chi connectivity index (χ3v) is 8.62. The van der Waals surface area contributed by atoms with E-state index in [9.17, 15) is 9.59 Å². The summed E-state index contributed by atoms with van der Waals surface area (Å²) in [6.07, 6.45) is 14.7. The van der Waals surface area contributed by atoms with E-state index in [1.165, 1.54) is 56.7 Å². The Bertz CT molecular complexity index is 753. The van der Waals surface area contributed by atoms with E-state index in [0.717, 1.165) is 61.6 Å². The van der Waals surface area contributed by atoms with E-state index in [1.807, 2.05) is 0 Å². The molecule has 0 saturated heterocycles. The Morgan fingerprint density at radius 2 is 1.73 bits per heavy atom. The number of imide groups is 1. The first-order valence-electron chi connectivity index (χ1n) is 11.7. The van der Waals surface area contributed by atoms with Crippen LogP contribution in [0.2, 0.25) is 0 Å². The fourth-order valence-corrected chi connectivity index (χ4v) is 7.54. The summed E-state index contributed by atoms with van der Waals surface area (Å²) in [6, 6.07) is -0.338. The molecule has 0 unspecified atom stereocenters. The molecule has 1 aromatic rings. The fraction of sp³-hybridized carbons (Fsp3) is 0.818. The molecule has 0 aromatic carbocycles. The minimum atomic E-state index is -0.338. The summed E-state index contributed by atoms with van der Waals surface area (Å²) in [4.78, 5) is 29.2. The van der Waals surface area contributed by atoms with Crippen LogP contribution in [-0.4, -0.2) is 38.4 Å². The van der Waals surface area contributed by atoms with E-state index in [-0.39, 0.29) is 23.2 Å². The van der Waals surface area contributed by atoms with E-state index in [1.54, 1.807) is 0 Å². The quantitative estimate of drug-likeness (QED) is 0.570. The van der Waals surface area contributed by atoms with E-state index in [4.69, 9.17) is 0 Å². The van der Waals surface area contributed by atoms with Crippen LogP contribution in [0.1, 0.15) is 76.5 Å². The van der Waals surface area contributed by atoms with Gasteiger partial charge in [0, 0.05) is 12.0 Å². The average molecular weight is 432 g/mol. The maximum absolute atomic E-state index is 12.5. The molecular weight excluding hydrogens is 398 g/mol. The highest BCUT2D eigenvalue weighted by molar-refractivity contribution is 7.99. The summed E-state index contributed by atoms with van der Waals surface area (Å²) < 4.78 is 0. The fourth-order valence-electron chi connectivity index (χ4n) is 6.92. The van der Waals surface area contributed by atoms with Gasteiger partial charge in [-0.15, -0.1) is 5.10 Å². The van der Waals surface area contributed by atoms with Crippen LogP contribution in [0.3, 0.4) is 0 Å². The summed E-state index contributed by atoms with van der Waals surface area (Å²) in [5.74, 6) is 3.85. The predicted molar refractivity (Wildman–Crippen MR) is 115 cm³/mol. The molecule has 5 aliphatic rings. The van der Waals surface area contributed by atoms with E-state index in [2.05, 4.69) is 25.8 Å². The van der Waals surface area contributed by atoms with Crippen molar-refractivity contribution in [1.82, 2.24) is 25.8 Å². The van der Waals surface area contributed by atoms with Gasteiger partial charge in [-0.25, -0.2) is 9.78 Å². The number of urea groups is 1. The summed E-state index contributed by atoms with van der Waals surface area (Å²) in [7, 11) is 0. The number of carbonyl (C=O) groups is 2. The van der Waals surface area contributed by atoms with Crippen LogP contribution in [0.4, 0.5) is 4.79 Å². The molecule has 0 spiro atoms. The number of carbonyl (C=O) groups excluding carboxylic acids is 2. The molecule has 1 aromatic heterocycles. The third kappa shape index (κ3) is 4.68. The first-order valence-corrected chi connectivity index (χ1v) is 12.7. The van der Waals surface area contributed by atoms with Gasteiger partial charge in [-0.3, -0.25) is 15.2 Å². The number of nitrogens with one attached hydrogen (secondary N) is 3. The normalized spacial score (nSPS) is 32.5. The number of aryl methyl sites for hydroxylation is 1. The van der Waals surface area contributed by atoms with Crippen LogP contribution >= 0.6 is 11.8 Å². The molecule has 0 aliphatic heterocycles. The summed E-state index contributed by atoms with van der Waals surface area (Å²) in [5.41, 5.74) is -0.0791. The van der Waals surface area contributed by atoms with Crippen molar-refractivity contribution >= 4 is 23.7 Å². The van der Waals surface area contributed by atoms with Gasteiger partial charge in [-0.1, -0.05) is 37.4 Å². The SMILES string of the molecule is O=C(CSc1n[nH]c(CCC2CCCC2)n1)NC(=O)NC12CC3CC(CC(C3)C1)C2. The number of thioether (sulfide) groups is 1. The van der Waals surface area contributed by atoms with Crippen LogP contribution in [0, 0.1) is 23.7 Å². The molecule has 164 valence electrons. The second-order valence-corrected chi connectivity index (χ2v) is 11.2. The van der Waals surface area contributed by atoms with Crippen LogP contribution in [0.25, 0.3) is 0 Å². The van der Waals surface area contributed by atoms with Gasteiger partial charge >= 0.3 is 6.03 Å². The molecule has 7 nitrogen and oxygen atoms in total. The first kappa shape index (κ1) is 20.3. The molecule has 5 aliphatic carbocycles. The molecule has 1 heterocycles. The van der Waals surface area contributed by atoms with E-state index in [0.29, 0.717) is 5.16 Å². The van der Waals surface area contributed by atoms with E-state index < -0.39 is 0 Å². The zero-order valence-corrected chi connectivity index (χ0v) is 18.4. The number of amides is 3. The number of aromatic amines is 1. The second kappa shape index (κ2) is 8.52. The topological polar surface area (TPSA) is 99.8 Å². The lowest BCUT2D eigenvalue weighted by atomic mass is 9.53. The Morgan fingerprint density at radius 3 is 2.40 bits per heavy atom. The van der Waals surface area contributed by atoms with Crippen molar-refractivity contribution in [2.75, 3.05) is 5.75 Å². The van der Waals surface area contributed by atoms with Gasteiger partial charge in [-0.05, 0) is 68.6 Å². The van der Waals surface area contributed by atoms with Crippen molar-refractivity contribution < 1.29 is 9.59 Å². The van der Waals surface area contributed by atoms with E-state index >= 15 is 0 Å². The first-order chi connectivity index (χ1) is 14.6. The third-order valence-electron chi connectivity index (χ3n) is 7.78. The monoisotopic (exact) mass is 431 g/mol. The number of H-pyrrole nitrogens is 1. The van der Waals surface area contributed by atoms with Crippen LogP contribution in [0.5, 0.6) is 0 Å². The molecule has 0 atom stereocenters. The van der Waals surface area contributed by atoms with Gasteiger partial charge in [0.25, 0.3) is 0 Å². The highest BCUT2D eigenvalue weighted by Crippen LogP contribution is 2.55. The van der Waals surface area contributed by atoms with Crippen LogP contribution < -0.4 is 10.6 Å². The Morgan fingerprint density at radius 1 is 1.07 bits per heavy atom. The molecule has 3 amide bonds. The molecule has 4 bridgehead atoms.